The number of carbonyl (C=O) groups is 2. The first-order valence-corrected chi connectivity index (χ1v) is 9.90. The summed E-state index contributed by atoms with van der Waals surface area (Å²) in [5, 5.41) is 0.679. The van der Waals surface area contributed by atoms with E-state index in [-0.39, 0.29) is 11.7 Å². The molecule has 7 nitrogen and oxygen atoms in total. The molecule has 2 aromatic rings. The Morgan fingerprint density at radius 1 is 1.18 bits per heavy atom. The summed E-state index contributed by atoms with van der Waals surface area (Å²) in [6.07, 6.45) is 3.21. The largest absolute Gasteiger partial charge is 0.444 e. The van der Waals surface area contributed by atoms with Crippen molar-refractivity contribution < 1.29 is 18.7 Å². The maximum absolute atomic E-state index is 13.8. The fourth-order valence-electron chi connectivity index (χ4n) is 2.82. The van der Waals surface area contributed by atoms with Crippen molar-refractivity contribution in [1.29, 1.82) is 0 Å². The summed E-state index contributed by atoms with van der Waals surface area (Å²) in [5.74, 6) is -1.22. The molecule has 0 aliphatic carbocycles. The molecule has 0 bridgehead atoms. The smallest absolute Gasteiger partial charge is 0.410 e. The Balaban J connectivity index is 1.66. The van der Waals surface area contributed by atoms with E-state index in [1.54, 1.807) is 4.90 Å². The highest BCUT2D eigenvalue weighted by Gasteiger charge is 2.26. The van der Waals surface area contributed by atoms with Gasteiger partial charge in [0.15, 0.2) is 5.13 Å². The standard InChI is InChI=1S/C19H23FN4O3S/c1-19(2,3)27-18(26)24-9-5-8-23(10-11-24)17-22-12-14(28-17)15(25)13-6-4-7-21-16(13)20/h4,6-7,12H,5,8-11H2,1-3H3. The van der Waals surface area contributed by atoms with Crippen molar-refractivity contribution in [2.75, 3.05) is 31.1 Å². The van der Waals surface area contributed by atoms with Gasteiger partial charge in [-0.2, -0.15) is 4.39 Å². The average Bonchev–Trinajstić information content (AvgIpc) is 2.98. The zero-order valence-corrected chi connectivity index (χ0v) is 17.0. The molecule has 28 heavy (non-hydrogen) atoms. The molecule has 0 atom stereocenters. The first-order valence-electron chi connectivity index (χ1n) is 9.08. The van der Waals surface area contributed by atoms with E-state index in [1.807, 2.05) is 25.7 Å². The Hall–Kier alpha value is -2.55. The Morgan fingerprint density at radius 2 is 1.96 bits per heavy atom. The van der Waals surface area contributed by atoms with Crippen molar-refractivity contribution >= 4 is 28.3 Å². The Labute approximate surface area is 167 Å². The zero-order chi connectivity index (χ0) is 20.3. The fourth-order valence-corrected chi connectivity index (χ4v) is 3.74. The van der Waals surface area contributed by atoms with E-state index in [9.17, 15) is 14.0 Å². The molecule has 1 amide bonds. The summed E-state index contributed by atoms with van der Waals surface area (Å²) in [4.78, 5) is 36.7. The van der Waals surface area contributed by atoms with Crippen molar-refractivity contribution in [2.45, 2.75) is 32.8 Å². The van der Waals surface area contributed by atoms with E-state index >= 15 is 0 Å². The normalized spacial score (nSPS) is 15.3. The van der Waals surface area contributed by atoms with E-state index in [0.29, 0.717) is 36.2 Å². The molecule has 3 rings (SSSR count). The van der Waals surface area contributed by atoms with Gasteiger partial charge < -0.3 is 14.5 Å². The first kappa shape index (κ1) is 20.2. The van der Waals surface area contributed by atoms with E-state index < -0.39 is 17.3 Å². The van der Waals surface area contributed by atoms with Crippen molar-refractivity contribution in [1.82, 2.24) is 14.9 Å². The van der Waals surface area contributed by atoms with Gasteiger partial charge in [-0.15, -0.1) is 0 Å². The Kier molecular flexibility index (Phi) is 5.93. The van der Waals surface area contributed by atoms with Gasteiger partial charge in [-0.25, -0.2) is 14.8 Å². The molecule has 0 unspecified atom stereocenters. The van der Waals surface area contributed by atoms with Gasteiger partial charge in [0.1, 0.15) is 5.60 Å². The van der Waals surface area contributed by atoms with E-state index in [4.69, 9.17) is 4.74 Å². The number of hydrogen-bond donors (Lipinski definition) is 0. The Bertz CT molecular complexity index is 865. The highest BCUT2D eigenvalue weighted by molar-refractivity contribution is 7.17. The Morgan fingerprint density at radius 3 is 2.68 bits per heavy atom. The molecule has 0 saturated carbocycles. The third kappa shape index (κ3) is 4.83. The molecule has 150 valence electrons. The lowest BCUT2D eigenvalue weighted by atomic mass is 10.2. The van der Waals surface area contributed by atoms with E-state index in [2.05, 4.69) is 9.97 Å². The van der Waals surface area contributed by atoms with Crippen LogP contribution in [0.2, 0.25) is 0 Å². The summed E-state index contributed by atoms with van der Waals surface area (Å²) >= 11 is 1.22. The number of carbonyl (C=O) groups excluding carboxylic acids is 2. The molecule has 0 radical (unpaired) electrons. The van der Waals surface area contributed by atoms with Gasteiger partial charge in [0.05, 0.1) is 16.6 Å². The minimum Gasteiger partial charge on any atom is -0.444 e. The lowest BCUT2D eigenvalue weighted by Gasteiger charge is -2.26. The number of ketones is 1. The zero-order valence-electron chi connectivity index (χ0n) is 16.1. The van der Waals surface area contributed by atoms with Gasteiger partial charge in [0.2, 0.25) is 11.7 Å². The highest BCUT2D eigenvalue weighted by Crippen LogP contribution is 2.26. The molecule has 1 fully saturated rings. The summed E-state index contributed by atoms with van der Waals surface area (Å²) in [6, 6.07) is 2.94. The number of aromatic nitrogens is 2. The van der Waals surface area contributed by atoms with Crippen LogP contribution in [0.3, 0.4) is 0 Å². The monoisotopic (exact) mass is 406 g/mol. The van der Waals surface area contributed by atoms with Crippen LogP contribution in [-0.2, 0) is 4.74 Å². The lowest BCUT2D eigenvalue weighted by molar-refractivity contribution is 0.0263. The van der Waals surface area contributed by atoms with Crippen LogP contribution in [0.4, 0.5) is 14.3 Å². The molecule has 3 heterocycles. The van der Waals surface area contributed by atoms with Crippen LogP contribution in [0.5, 0.6) is 0 Å². The average molecular weight is 406 g/mol. The molecule has 0 spiro atoms. The quantitative estimate of drug-likeness (QED) is 0.575. The molecule has 1 aliphatic rings. The number of nitrogens with zero attached hydrogens (tertiary/aromatic N) is 4. The minimum absolute atomic E-state index is 0.0651. The van der Waals surface area contributed by atoms with Crippen molar-refractivity contribution in [2.24, 2.45) is 0 Å². The van der Waals surface area contributed by atoms with Crippen LogP contribution in [0.1, 0.15) is 42.4 Å². The number of amides is 1. The molecule has 1 aliphatic heterocycles. The van der Waals surface area contributed by atoms with Crippen LogP contribution in [-0.4, -0.2) is 58.5 Å². The van der Waals surface area contributed by atoms with Crippen molar-refractivity contribution in [3.63, 3.8) is 0 Å². The molecule has 0 N–H and O–H groups in total. The molecule has 2 aromatic heterocycles. The molecular weight excluding hydrogens is 383 g/mol. The number of pyridine rings is 1. The SMILES string of the molecule is CC(C)(C)OC(=O)N1CCCN(c2ncc(C(=O)c3cccnc3F)s2)CC1. The molecular formula is C19H23FN4O3S. The van der Waals surface area contributed by atoms with Crippen LogP contribution in [0.25, 0.3) is 0 Å². The molecule has 0 aromatic carbocycles. The van der Waals surface area contributed by atoms with E-state index in [0.717, 1.165) is 6.42 Å². The predicted molar refractivity (Wildman–Crippen MR) is 104 cm³/mol. The number of rotatable bonds is 3. The second-order valence-electron chi connectivity index (χ2n) is 7.49. The summed E-state index contributed by atoms with van der Waals surface area (Å²) in [6.45, 7) is 7.93. The van der Waals surface area contributed by atoms with E-state index in [1.165, 1.54) is 35.9 Å². The first-order chi connectivity index (χ1) is 13.2. The van der Waals surface area contributed by atoms with Gasteiger partial charge in [-0.3, -0.25) is 4.79 Å². The van der Waals surface area contributed by atoms with Gasteiger partial charge in [0, 0.05) is 32.4 Å². The maximum atomic E-state index is 13.8. The summed E-state index contributed by atoms with van der Waals surface area (Å²) in [7, 11) is 0. The summed E-state index contributed by atoms with van der Waals surface area (Å²) < 4.78 is 19.2. The van der Waals surface area contributed by atoms with Gasteiger partial charge in [-0.1, -0.05) is 11.3 Å². The number of halogens is 1. The topological polar surface area (TPSA) is 75.6 Å². The predicted octanol–water partition coefficient (Wildman–Crippen LogP) is 3.36. The number of anilines is 1. The summed E-state index contributed by atoms with van der Waals surface area (Å²) in [5.41, 5.74) is -0.598. The highest BCUT2D eigenvalue weighted by atomic mass is 32.1. The van der Waals surface area contributed by atoms with Crippen LogP contribution >= 0.6 is 11.3 Å². The van der Waals surface area contributed by atoms with Crippen molar-refractivity contribution in [3.8, 4) is 0 Å². The lowest BCUT2D eigenvalue weighted by Crippen LogP contribution is -2.39. The third-order valence-corrected chi connectivity index (χ3v) is 5.20. The second kappa shape index (κ2) is 8.22. The molecule has 1 saturated heterocycles. The van der Waals surface area contributed by atoms with Crippen LogP contribution < -0.4 is 4.90 Å². The maximum Gasteiger partial charge on any atom is 0.410 e. The number of thiazole rings is 1. The van der Waals surface area contributed by atoms with Gasteiger partial charge >= 0.3 is 6.09 Å². The molecule has 9 heteroatoms. The number of hydrogen-bond acceptors (Lipinski definition) is 7. The third-order valence-electron chi connectivity index (χ3n) is 4.14. The number of ether oxygens (including phenoxy) is 1. The van der Waals surface area contributed by atoms with Crippen LogP contribution in [0.15, 0.2) is 24.5 Å². The van der Waals surface area contributed by atoms with Gasteiger partial charge in [0.25, 0.3) is 0 Å². The van der Waals surface area contributed by atoms with Crippen LogP contribution in [0, 0.1) is 5.95 Å². The van der Waals surface area contributed by atoms with Crippen molar-refractivity contribution in [3.05, 3.63) is 40.9 Å². The minimum atomic E-state index is -0.787. The van der Waals surface area contributed by atoms with Gasteiger partial charge in [-0.05, 0) is 39.3 Å². The second-order valence-corrected chi connectivity index (χ2v) is 8.50. The fraction of sp³-hybridized carbons (Fsp3) is 0.474.